The molecule has 0 amide bonds. The minimum absolute atomic E-state index is 0.101. The Labute approximate surface area is 157 Å². The molecule has 0 fully saturated rings. The number of hydrogen-bond acceptors (Lipinski definition) is 6. The number of carbonyl (C=O) groups is 2. The summed E-state index contributed by atoms with van der Waals surface area (Å²) in [6.45, 7) is 4.90. The maximum Gasteiger partial charge on any atom is 0.335 e. The van der Waals surface area contributed by atoms with E-state index in [2.05, 4.69) is 15.5 Å². The summed E-state index contributed by atoms with van der Waals surface area (Å²) in [6.07, 6.45) is -0.584. The molecule has 1 rings (SSSR count). The zero-order valence-corrected chi connectivity index (χ0v) is 16.5. The Morgan fingerprint density at radius 3 is 2.30 bits per heavy atom. The molecule has 1 aromatic rings. The van der Waals surface area contributed by atoms with Gasteiger partial charge in [-0.05, 0) is 45.0 Å². The van der Waals surface area contributed by atoms with Crippen molar-refractivity contribution in [2.45, 2.75) is 32.9 Å². The second-order valence-corrected chi connectivity index (χ2v) is 8.21. The molecule has 150 valence electrons. The molecule has 0 saturated heterocycles. The molecule has 0 aliphatic rings. The average Bonchev–Trinajstić information content (AvgIpc) is 2.54. The molecule has 0 spiro atoms. The molecule has 0 aliphatic heterocycles. The van der Waals surface area contributed by atoms with Crippen molar-refractivity contribution in [1.82, 2.24) is 10.2 Å². The molecule has 0 aromatic heterocycles. The van der Waals surface area contributed by atoms with E-state index in [1.54, 1.807) is 13.8 Å². The highest BCUT2D eigenvalue weighted by atomic mass is 31.2. The van der Waals surface area contributed by atoms with Gasteiger partial charge in [-0.2, -0.15) is 0 Å². The molecule has 0 aliphatic carbocycles. The van der Waals surface area contributed by atoms with Gasteiger partial charge in [0.2, 0.25) is 0 Å². The fraction of sp³-hybridized carbons (Fsp3) is 0.438. The largest absolute Gasteiger partial charge is 0.478 e. The molecule has 2 atom stereocenters. The first-order chi connectivity index (χ1) is 12.6. The summed E-state index contributed by atoms with van der Waals surface area (Å²) in [6, 6.07) is 4.79. The number of ether oxygens (including phenoxy) is 2. The van der Waals surface area contributed by atoms with E-state index in [-0.39, 0.29) is 24.0 Å². The van der Waals surface area contributed by atoms with E-state index in [4.69, 9.17) is 20.0 Å². The van der Waals surface area contributed by atoms with Crippen LogP contribution in [0.25, 0.3) is 0 Å². The van der Waals surface area contributed by atoms with Crippen molar-refractivity contribution in [3.05, 3.63) is 29.8 Å². The number of anilines is 1. The fourth-order valence-electron chi connectivity index (χ4n) is 2.03. The molecule has 0 bridgehead atoms. The van der Waals surface area contributed by atoms with Gasteiger partial charge in [-0.15, -0.1) is 0 Å². The second-order valence-electron chi connectivity index (χ2n) is 5.99. The second kappa shape index (κ2) is 10.1. The Morgan fingerprint density at radius 2 is 1.81 bits per heavy atom. The van der Waals surface area contributed by atoms with Crippen LogP contribution in [0.15, 0.2) is 24.3 Å². The predicted molar refractivity (Wildman–Crippen MR) is 101 cm³/mol. The number of benzene rings is 1. The number of carboxylic acids is 1. The van der Waals surface area contributed by atoms with Crippen molar-refractivity contribution in [3.8, 4) is 0 Å². The van der Waals surface area contributed by atoms with Crippen LogP contribution in [0.1, 0.15) is 31.1 Å². The van der Waals surface area contributed by atoms with Crippen LogP contribution in [0.5, 0.6) is 0 Å². The molecule has 10 nitrogen and oxygen atoms in total. The first-order valence-corrected chi connectivity index (χ1v) is 9.99. The third-order valence-corrected chi connectivity index (χ3v) is 5.12. The molecule has 0 saturated carbocycles. The van der Waals surface area contributed by atoms with E-state index >= 15 is 0 Å². The topological polar surface area (TPSA) is 150 Å². The summed E-state index contributed by atoms with van der Waals surface area (Å²) in [7, 11) is -2.15. The molecule has 0 heterocycles. The lowest BCUT2D eigenvalue weighted by Gasteiger charge is -2.25. The number of esters is 1. The van der Waals surface area contributed by atoms with Crippen LogP contribution >= 0.6 is 7.44 Å². The van der Waals surface area contributed by atoms with Gasteiger partial charge in [-0.1, -0.05) is 0 Å². The lowest BCUT2D eigenvalue weighted by atomic mass is 10.2. The Balaban J connectivity index is 2.76. The summed E-state index contributed by atoms with van der Waals surface area (Å²) in [5, 5.41) is 24.6. The summed E-state index contributed by atoms with van der Waals surface area (Å²) in [5.74, 6) is -1.95. The molecule has 0 radical (unpaired) electrons. The molecular weight excluding hydrogens is 375 g/mol. The summed E-state index contributed by atoms with van der Waals surface area (Å²) in [4.78, 5) is 22.8. The zero-order valence-electron chi connectivity index (χ0n) is 15.6. The van der Waals surface area contributed by atoms with Gasteiger partial charge >= 0.3 is 11.9 Å². The number of nitrogens with one attached hydrogen (secondary N) is 4. The van der Waals surface area contributed by atoms with Crippen molar-refractivity contribution in [3.63, 3.8) is 0 Å². The van der Waals surface area contributed by atoms with Crippen LogP contribution in [0, 0.1) is 5.41 Å². The number of carbonyl (C=O) groups excluding carboxylic acids is 1. The lowest BCUT2D eigenvalue weighted by Crippen LogP contribution is -2.41. The molecule has 11 heteroatoms. The highest BCUT2D eigenvalue weighted by molar-refractivity contribution is 7.60. The van der Waals surface area contributed by atoms with E-state index in [0.29, 0.717) is 5.69 Å². The summed E-state index contributed by atoms with van der Waals surface area (Å²) >= 11 is 0. The average molecular weight is 400 g/mol. The Morgan fingerprint density at radius 1 is 1.22 bits per heavy atom. The van der Waals surface area contributed by atoms with Crippen LogP contribution in [-0.4, -0.2) is 48.6 Å². The fourth-order valence-corrected chi connectivity index (χ4v) is 3.75. The SMILES string of the molecule is COCP(=O)(NC(=N)Nc1ccc(C(=O)O)cc1)N[C@@H](C)C(=O)OC(C)C. The predicted octanol–water partition coefficient (Wildman–Crippen LogP) is 2.05. The van der Waals surface area contributed by atoms with Crippen molar-refractivity contribution >= 4 is 31.0 Å². The summed E-state index contributed by atoms with van der Waals surface area (Å²) < 4.78 is 22.9. The smallest absolute Gasteiger partial charge is 0.335 e. The zero-order chi connectivity index (χ0) is 20.6. The Hall–Kier alpha value is -2.42. The van der Waals surface area contributed by atoms with Crippen LogP contribution in [0.4, 0.5) is 5.69 Å². The quantitative estimate of drug-likeness (QED) is 0.182. The van der Waals surface area contributed by atoms with E-state index in [1.807, 2.05) is 0 Å². The number of rotatable bonds is 9. The van der Waals surface area contributed by atoms with Crippen molar-refractivity contribution in [1.29, 1.82) is 5.41 Å². The van der Waals surface area contributed by atoms with Crippen molar-refractivity contribution < 1.29 is 28.7 Å². The molecule has 27 heavy (non-hydrogen) atoms. The summed E-state index contributed by atoms with van der Waals surface area (Å²) in [5.41, 5.74) is 0.526. The van der Waals surface area contributed by atoms with E-state index < -0.39 is 25.4 Å². The third kappa shape index (κ3) is 7.78. The van der Waals surface area contributed by atoms with Gasteiger partial charge in [0.1, 0.15) is 12.4 Å². The standard InChI is InChI=1S/C16H25N4O6P/c1-10(2)26-15(23)11(3)19-27(24,9-25-4)20-16(17)18-13-7-5-12(6-8-13)14(21)22/h5-8,10-11H,9H2,1-4H3,(H,21,22)(H4,17,18,19,20,24)/t11-,27?/m0/s1. The maximum absolute atomic E-state index is 12.9. The van der Waals surface area contributed by atoms with Gasteiger partial charge in [-0.3, -0.25) is 19.9 Å². The molecule has 5 N–H and O–H groups in total. The molecule has 1 aromatic carbocycles. The Kier molecular flexibility index (Phi) is 8.42. The van der Waals surface area contributed by atoms with Gasteiger partial charge in [0.05, 0.1) is 11.7 Å². The van der Waals surface area contributed by atoms with Crippen LogP contribution in [0.3, 0.4) is 0 Å². The van der Waals surface area contributed by atoms with Crippen LogP contribution < -0.4 is 15.5 Å². The first-order valence-electron chi connectivity index (χ1n) is 8.10. The number of carboxylic acid groups (broad SMARTS) is 1. The van der Waals surface area contributed by atoms with Crippen molar-refractivity contribution in [2.75, 3.05) is 18.8 Å². The number of hydrogen-bond donors (Lipinski definition) is 5. The number of guanidine groups is 1. The third-order valence-electron chi connectivity index (χ3n) is 3.11. The normalized spacial score (nSPS) is 14.1. The van der Waals surface area contributed by atoms with Gasteiger partial charge in [0.15, 0.2) is 5.96 Å². The van der Waals surface area contributed by atoms with Gasteiger partial charge in [0, 0.05) is 12.8 Å². The van der Waals surface area contributed by atoms with Gasteiger partial charge < -0.3 is 19.9 Å². The highest BCUT2D eigenvalue weighted by Gasteiger charge is 2.29. The van der Waals surface area contributed by atoms with Crippen LogP contribution in [0.2, 0.25) is 0 Å². The maximum atomic E-state index is 12.9. The number of aromatic carboxylic acids is 1. The van der Waals surface area contributed by atoms with Crippen molar-refractivity contribution in [2.24, 2.45) is 0 Å². The van der Waals surface area contributed by atoms with E-state index in [1.165, 1.54) is 38.3 Å². The number of methoxy groups -OCH3 is 1. The molecular formula is C16H25N4O6P. The molecule has 1 unspecified atom stereocenters. The minimum Gasteiger partial charge on any atom is -0.478 e. The van der Waals surface area contributed by atoms with E-state index in [0.717, 1.165) is 0 Å². The van der Waals surface area contributed by atoms with E-state index in [9.17, 15) is 14.2 Å². The Bertz CT molecular complexity index is 722. The first kappa shape index (κ1) is 22.6. The minimum atomic E-state index is -3.50. The van der Waals surface area contributed by atoms with Crippen LogP contribution in [-0.2, 0) is 18.8 Å². The van der Waals surface area contributed by atoms with Gasteiger partial charge in [0.25, 0.3) is 7.44 Å². The van der Waals surface area contributed by atoms with Gasteiger partial charge in [-0.25, -0.2) is 9.88 Å². The highest BCUT2D eigenvalue weighted by Crippen LogP contribution is 2.36. The lowest BCUT2D eigenvalue weighted by molar-refractivity contribution is -0.148. The monoisotopic (exact) mass is 400 g/mol.